The van der Waals surface area contributed by atoms with Crippen LogP contribution in [0.25, 0.3) is 16.6 Å². The third kappa shape index (κ3) is 3.53. The summed E-state index contributed by atoms with van der Waals surface area (Å²) in [5.74, 6) is 0.824. The summed E-state index contributed by atoms with van der Waals surface area (Å²) in [5.41, 5.74) is 3.70. The Morgan fingerprint density at radius 2 is 2.03 bits per heavy atom. The molecule has 0 saturated carbocycles. The van der Waals surface area contributed by atoms with Gasteiger partial charge in [-0.15, -0.1) is 5.10 Å². The van der Waals surface area contributed by atoms with Gasteiger partial charge >= 0.3 is 0 Å². The fourth-order valence-electron chi connectivity index (χ4n) is 3.90. The Hall–Kier alpha value is -3.72. The maximum absolute atomic E-state index is 12.8. The zero-order valence-electron chi connectivity index (χ0n) is 17.3. The lowest BCUT2D eigenvalue weighted by molar-refractivity contribution is 0.0513. The van der Waals surface area contributed by atoms with E-state index in [4.69, 9.17) is 9.15 Å². The number of rotatable bonds is 4. The van der Waals surface area contributed by atoms with Crippen LogP contribution in [0.3, 0.4) is 0 Å². The number of nitrogens with zero attached hydrogens (tertiary/aromatic N) is 6. The van der Waals surface area contributed by atoms with Gasteiger partial charge in [0, 0.05) is 49.2 Å². The van der Waals surface area contributed by atoms with Gasteiger partial charge < -0.3 is 14.1 Å². The van der Waals surface area contributed by atoms with Crippen molar-refractivity contribution in [3.05, 3.63) is 66.5 Å². The predicted octanol–water partition coefficient (Wildman–Crippen LogP) is 2.52. The molecule has 0 spiro atoms. The van der Waals surface area contributed by atoms with E-state index in [0.29, 0.717) is 24.7 Å². The normalized spacial score (nSPS) is 17.2. The summed E-state index contributed by atoms with van der Waals surface area (Å²) in [5, 5.41) is 8.80. The Morgan fingerprint density at radius 3 is 2.77 bits per heavy atom. The smallest absolute Gasteiger partial charge is 0.289 e. The van der Waals surface area contributed by atoms with Crippen LogP contribution in [-0.2, 0) is 0 Å². The van der Waals surface area contributed by atoms with Crippen LogP contribution in [0.2, 0.25) is 0 Å². The molecule has 4 aromatic heterocycles. The minimum Gasteiger partial charge on any atom is -0.481 e. The molecule has 1 aliphatic rings. The van der Waals surface area contributed by atoms with Gasteiger partial charge in [0.2, 0.25) is 5.88 Å². The number of carbonyl (C=O) groups excluding carboxylic acids is 1. The fraction of sp³-hybridized carbons (Fsp3) is 0.273. The fourth-order valence-corrected chi connectivity index (χ4v) is 3.90. The van der Waals surface area contributed by atoms with E-state index in [1.54, 1.807) is 30.0 Å². The zero-order chi connectivity index (χ0) is 21.4. The van der Waals surface area contributed by atoms with Crippen LogP contribution in [0, 0.1) is 0 Å². The van der Waals surface area contributed by atoms with E-state index in [0.717, 1.165) is 28.9 Å². The highest BCUT2D eigenvalue weighted by Gasteiger charge is 2.32. The van der Waals surface area contributed by atoms with Gasteiger partial charge in [0.15, 0.2) is 5.76 Å². The van der Waals surface area contributed by atoms with E-state index in [9.17, 15) is 4.79 Å². The molecule has 5 rings (SSSR count). The molecule has 0 aromatic carbocycles. The summed E-state index contributed by atoms with van der Waals surface area (Å²) >= 11 is 0. The van der Waals surface area contributed by atoms with E-state index < -0.39 is 0 Å². The van der Waals surface area contributed by atoms with Crippen molar-refractivity contribution in [2.24, 2.45) is 0 Å². The van der Waals surface area contributed by atoms with Crippen LogP contribution >= 0.6 is 0 Å². The van der Waals surface area contributed by atoms with Gasteiger partial charge in [-0.05, 0) is 31.3 Å². The molecule has 5 heterocycles. The number of aromatic nitrogens is 4. The van der Waals surface area contributed by atoms with Gasteiger partial charge in [0.1, 0.15) is 5.69 Å². The number of methoxy groups -OCH3 is 1. The van der Waals surface area contributed by atoms with Gasteiger partial charge in [0.25, 0.3) is 5.91 Å². The summed E-state index contributed by atoms with van der Waals surface area (Å²) < 4.78 is 12.2. The van der Waals surface area contributed by atoms with Crippen molar-refractivity contribution in [3.8, 4) is 17.0 Å². The van der Waals surface area contributed by atoms with Gasteiger partial charge in [-0.1, -0.05) is 11.3 Å². The van der Waals surface area contributed by atoms with Gasteiger partial charge in [0.05, 0.1) is 24.9 Å². The molecular formula is C22H22N6O3. The van der Waals surface area contributed by atoms with Gasteiger partial charge in [-0.25, -0.2) is 9.50 Å². The molecule has 1 amide bonds. The van der Waals surface area contributed by atoms with Crippen LogP contribution in [0.5, 0.6) is 5.88 Å². The maximum atomic E-state index is 12.8. The number of ether oxygens (including phenoxy) is 1. The Morgan fingerprint density at radius 1 is 1.16 bits per heavy atom. The number of pyridine rings is 2. The summed E-state index contributed by atoms with van der Waals surface area (Å²) in [6, 6.07) is 11.2. The second-order valence-electron chi connectivity index (χ2n) is 7.54. The lowest BCUT2D eigenvalue weighted by Gasteiger charge is -2.38. The topological polar surface area (TPSA) is 89.0 Å². The number of furan rings is 1. The number of hydrogen-bond acceptors (Lipinski definition) is 7. The first-order valence-electron chi connectivity index (χ1n) is 10.0. The quantitative estimate of drug-likeness (QED) is 0.503. The summed E-state index contributed by atoms with van der Waals surface area (Å²) in [6.45, 7) is 1.90. The molecule has 158 valence electrons. The monoisotopic (exact) mass is 418 g/mol. The molecule has 0 aliphatic carbocycles. The molecule has 0 unspecified atom stereocenters. The molecule has 1 atom stereocenters. The number of likely N-dealkylation sites (N-methyl/N-ethyl adjacent to an activating group) is 1. The largest absolute Gasteiger partial charge is 0.481 e. The van der Waals surface area contributed by atoms with Gasteiger partial charge in [-0.3, -0.25) is 9.69 Å². The molecule has 4 aromatic rings. The van der Waals surface area contributed by atoms with Crippen molar-refractivity contribution in [2.75, 3.05) is 33.8 Å². The van der Waals surface area contributed by atoms with E-state index >= 15 is 0 Å². The van der Waals surface area contributed by atoms with Crippen LogP contribution in [0.1, 0.15) is 22.3 Å². The van der Waals surface area contributed by atoms with E-state index in [1.165, 1.54) is 6.26 Å². The van der Waals surface area contributed by atoms with Crippen LogP contribution in [0.15, 0.2) is 59.5 Å². The molecule has 1 aliphatic heterocycles. The Labute approximate surface area is 178 Å². The molecule has 9 heteroatoms. The number of carbonyl (C=O) groups is 1. The molecule has 9 nitrogen and oxygen atoms in total. The molecule has 31 heavy (non-hydrogen) atoms. The lowest BCUT2D eigenvalue weighted by atomic mass is 10.1. The molecule has 0 radical (unpaired) electrons. The maximum Gasteiger partial charge on any atom is 0.289 e. The van der Waals surface area contributed by atoms with Crippen molar-refractivity contribution in [2.45, 2.75) is 6.04 Å². The van der Waals surface area contributed by atoms with Crippen molar-refractivity contribution in [1.82, 2.24) is 29.6 Å². The van der Waals surface area contributed by atoms with E-state index in [-0.39, 0.29) is 11.9 Å². The van der Waals surface area contributed by atoms with Crippen molar-refractivity contribution in [1.29, 1.82) is 0 Å². The first-order valence-corrected chi connectivity index (χ1v) is 10.0. The molecule has 1 saturated heterocycles. The number of fused-ring (bicyclic) bond motifs is 1. The summed E-state index contributed by atoms with van der Waals surface area (Å²) in [4.78, 5) is 21.0. The first-order chi connectivity index (χ1) is 15.1. The van der Waals surface area contributed by atoms with E-state index in [1.807, 2.05) is 42.4 Å². The number of amides is 1. The number of hydrogen-bond donors (Lipinski definition) is 0. The molecule has 1 fully saturated rings. The highest BCUT2D eigenvalue weighted by Crippen LogP contribution is 2.28. The summed E-state index contributed by atoms with van der Waals surface area (Å²) in [6.07, 6.45) is 5.22. The Balaban J connectivity index is 1.43. The second kappa shape index (κ2) is 7.84. The second-order valence-corrected chi connectivity index (χ2v) is 7.54. The average molecular weight is 418 g/mol. The summed E-state index contributed by atoms with van der Waals surface area (Å²) in [7, 11) is 3.64. The highest BCUT2D eigenvalue weighted by molar-refractivity contribution is 5.91. The van der Waals surface area contributed by atoms with Gasteiger partial charge in [-0.2, -0.15) is 0 Å². The first kappa shape index (κ1) is 19.3. The van der Waals surface area contributed by atoms with E-state index in [2.05, 4.69) is 20.2 Å². The predicted molar refractivity (Wildman–Crippen MR) is 113 cm³/mol. The van der Waals surface area contributed by atoms with Crippen LogP contribution in [-0.4, -0.2) is 69.3 Å². The standard InChI is InChI=1S/C22H22N6O3/c1-26-9-10-27(22(29)19-4-3-11-31-19)14-18(26)21-17-7-5-16(13-28(17)25-24-21)15-6-8-20(30-2)23-12-15/h3-8,11-13,18H,9-10,14H2,1-2H3/t18-/m1/s1. The Bertz CT molecular complexity index is 1200. The minimum atomic E-state index is -0.103. The van der Waals surface area contributed by atoms with Crippen LogP contribution in [0.4, 0.5) is 0 Å². The third-order valence-electron chi connectivity index (χ3n) is 5.70. The van der Waals surface area contributed by atoms with Crippen LogP contribution < -0.4 is 4.74 Å². The lowest BCUT2D eigenvalue weighted by Crippen LogP contribution is -2.49. The van der Waals surface area contributed by atoms with Crippen molar-refractivity contribution in [3.63, 3.8) is 0 Å². The van der Waals surface area contributed by atoms with Crippen molar-refractivity contribution >= 4 is 11.4 Å². The molecule has 0 bridgehead atoms. The minimum absolute atomic E-state index is 0.0568. The molecule has 0 N–H and O–H groups in total. The number of piperazine rings is 1. The SMILES string of the molecule is COc1ccc(-c2ccc3c([C@H]4CN(C(=O)c5ccco5)CCN4C)nnn3c2)cn1. The highest BCUT2D eigenvalue weighted by atomic mass is 16.5. The Kier molecular flexibility index (Phi) is 4.87. The average Bonchev–Trinajstić information content (AvgIpc) is 3.49. The van der Waals surface area contributed by atoms with Crippen molar-refractivity contribution < 1.29 is 13.9 Å². The third-order valence-corrected chi connectivity index (χ3v) is 5.70. The molecular weight excluding hydrogens is 396 g/mol. The zero-order valence-corrected chi connectivity index (χ0v) is 17.3.